The van der Waals surface area contributed by atoms with E-state index in [0.717, 1.165) is 41.5 Å². The zero-order valence-electron chi connectivity index (χ0n) is 16.5. The second-order valence-electron chi connectivity index (χ2n) is 7.67. The average molecular weight is 380 g/mol. The van der Waals surface area contributed by atoms with Crippen LogP contribution in [0.15, 0.2) is 67.4 Å². The average Bonchev–Trinajstić information content (AvgIpc) is 3.00. The molecule has 2 aliphatic rings. The third-order valence-electron chi connectivity index (χ3n) is 5.86. The molecule has 1 aliphatic carbocycles. The lowest BCUT2D eigenvalue weighted by molar-refractivity contribution is 0.721. The van der Waals surface area contributed by atoms with Crippen molar-refractivity contribution >= 4 is 22.0 Å². The van der Waals surface area contributed by atoms with Crippen LogP contribution in [-0.2, 0) is 6.42 Å². The van der Waals surface area contributed by atoms with Gasteiger partial charge in [-0.3, -0.25) is 4.98 Å². The van der Waals surface area contributed by atoms with E-state index in [1.165, 1.54) is 47.2 Å². The zero-order chi connectivity index (χ0) is 19.6. The molecule has 0 radical (unpaired) electrons. The van der Waals surface area contributed by atoms with E-state index in [2.05, 4.69) is 52.2 Å². The van der Waals surface area contributed by atoms with Gasteiger partial charge in [0.15, 0.2) is 0 Å². The predicted molar refractivity (Wildman–Crippen MR) is 118 cm³/mol. The Hall–Kier alpha value is -3.27. The van der Waals surface area contributed by atoms with Gasteiger partial charge in [-0.2, -0.15) is 0 Å². The third kappa shape index (κ3) is 3.35. The summed E-state index contributed by atoms with van der Waals surface area (Å²) in [7, 11) is 0. The van der Waals surface area contributed by atoms with Gasteiger partial charge < -0.3 is 5.32 Å². The minimum absolute atomic E-state index is 0.868. The van der Waals surface area contributed by atoms with Crippen molar-refractivity contribution in [1.29, 1.82) is 0 Å². The van der Waals surface area contributed by atoms with Gasteiger partial charge in [0.05, 0.1) is 11.2 Å². The van der Waals surface area contributed by atoms with E-state index in [9.17, 15) is 0 Å². The molecule has 0 atom stereocenters. The van der Waals surface area contributed by atoms with Crippen LogP contribution in [0.2, 0.25) is 0 Å². The van der Waals surface area contributed by atoms with Crippen LogP contribution in [0.5, 0.6) is 0 Å². The lowest BCUT2D eigenvalue weighted by Gasteiger charge is -2.14. The number of aromatic nitrogens is 3. The van der Waals surface area contributed by atoms with E-state index in [4.69, 9.17) is 4.98 Å². The van der Waals surface area contributed by atoms with Gasteiger partial charge in [0.25, 0.3) is 0 Å². The molecule has 1 saturated heterocycles. The van der Waals surface area contributed by atoms with Gasteiger partial charge in [0.1, 0.15) is 6.33 Å². The van der Waals surface area contributed by atoms with Crippen molar-refractivity contribution < 1.29 is 0 Å². The number of benzene rings is 1. The highest BCUT2D eigenvalue weighted by molar-refractivity contribution is 5.90. The van der Waals surface area contributed by atoms with Crippen LogP contribution in [0.3, 0.4) is 0 Å². The highest BCUT2D eigenvalue weighted by Gasteiger charge is 2.19. The van der Waals surface area contributed by atoms with Crippen LogP contribution in [0.4, 0.5) is 0 Å². The Morgan fingerprint density at radius 2 is 2.03 bits per heavy atom. The van der Waals surface area contributed by atoms with Gasteiger partial charge in [0, 0.05) is 53.1 Å². The number of hydrogen-bond acceptors (Lipinski definition) is 4. The molecule has 29 heavy (non-hydrogen) atoms. The molecular formula is C25H24N4. The molecule has 1 aliphatic heterocycles. The van der Waals surface area contributed by atoms with Gasteiger partial charge in [-0.05, 0) is 48.6 Å². The Balaban J connectivity index is 1.56. The number of allylic oxidation sites excluding steroid dienone is 4. The molecule has 4 heteroatoms. The molecule has 0 unspecified atom stereocenters. The summed E-state index contributed by atoms with van der Waals surface area (Å²) >= 11 is 0. The van der Waals surface area contributed by atoms with Crippen molar-refractivity contribution in [2.45, 2.75) is 32.1 Å². The fraction of sp³-hybridized carbons (Fsp3) is 0.240. The monoisotopic (exact) mass is 380 g/mol. The van der Waals surface area contributed by atoms with E-state index < -0.39 is 0 Å². The fourth-order valence-corrected chi connectivity index (χ4v) is 4.35. The van der Waals surface area contributed by atoms with E-state index in [-0.39, 0.29) is 0 Å². The summed E-state index contributed by atoms with van der Waals surface area (Å²) in [6.45, 7) is 5.13. The molecule has 0 amide bonds. The standard InChI is InChI=1S/C25H24N4/c1-2-20(24-6-4-3-5-11-27-24)18-13-22-21(8-10-25(22)28-15-18)17-7-9-23-19(12-17)14-26-16-29-23/h2,7-9,12-16,27H,1,3-6,10-11H2/b24-20+. The summed E-state index contributed by atoms with van der Waals surface area (Å²) in [6.07, 6.45) is 15.4. The molecule has 3 heterocycles. The van der Waals surface area contributed by atoms with Crippen LogP contribution in [0, 0.1) is 0 Å². The van der Waals surface area contributed by atoms with E-state index >= 15 is 0 Å². The minimum Gasteiger partial charge on any atom is -0.388 e. The van der Waals surface area contributed by atoms with Crippen LogP contribution in [0.25, 0.3) is 22.0 Å². The number of hydrogen-bond donors (Lipinski definition) is 1. The summed E-state index contributed by atoms with van der Waals surface area (Å²) in [6, 6.07) is 8.66. The second kappa shape index (κ2) is 7.63. The van der Waals surface area contributed by atoms with Gasteiger partial charge >= 0.3 is 0 Å². The Kier molecular flexibility index (Phi) is 4.68. The predicted octanol–water partition coefficient (Wildman–Crippen LogP) is 5.07. The SMILES string of the molecule is C=C/C(=C1/CCCCCN1)c1cnc2c(c1)C(c1ccc3ncncc3c1)=CC2. The minimum atomic E-state index is 0.868. The molecule has 5 rings (SSSR count). The lowest BCUT2D eigenvalue weighted by atomic mass is 9.96. The highest BCUT2D eigenvalue weighted by Crippen LogP contribution is 2.35. The number of rotatable bonds is 3. The maximum atomic E-state index is 4.80. The van der Waals surface area contributed by atoms with Crippen molar-refractivity contribution in [3.05, 3.63) is 89.8 Å². The summed E-state index contributed by atoms with van der Waals surface area (Å²) in [5.41, 5.74) is 9.36. The van der Waals surface area contributed by atoms with Crippen molar-refractivity contribution in [3.63, 3.8) is 0 Å². The molecule has 0 saturated carbocycles. The summed E-state index contributed by atoms with van der Waals surface area (Å²) in [5, 5.41) is 4.67. The molecule has 1 N–H and O–H groups in total. The molecular weight excluding hydrogens is 356 g/mol. The molecule has 1 fully saturated rings. The number of nitrogens with one attached hydrogen (secondary N) is 1. The van der Waals surface area contributed by atoms with Crippen molar-refractivity contribution in [2.75, 3.05) is 6.54 Å². The lowest BCUT2D eigenvalue weighted by Crippen LogP contribution is -2.14. The molecule has 4 nitrogen and oxygen atoms in total. The Bertz CT molecular complexity index is 1150. The van der Waals surface area contributed by atoms with Crippen molar-refractivity contribution in [3.8, 4) is 0 Å². The first-order valence-corrected chi connectivity index (χ1v) is 10.3. The molecule has 0 bridgehead atoms. The quantitative estimate of drug-likeness (QED) is 0.689. The molecule has 1 aromatic carbocycles. The number of fused-ring (bicyclic) bond motifs is 2. The number of pyridine rings is 1. The zero-order valence-corrected chi connectivity index (χ0v) is 16.5. The maximum Gasteiger partial charge on any atom is 0.116 e. The number of nitrogens with zero attached hydrogens (tertiary/aromatic N) is 3. The Morgan fingerprint density at radius 1 is 1.07 bits per heavy atom. The summed E-state index contributed by atoms with van der Waals surface area (Å²) < 4.78 is 0. The molecule has 144 valence electrons. The largest absolute Gasteiger partial charge is 0.388 e. The Labute approximate surface area is 171 Å². The van der Waals surface area contributed by atoms with Crippen LogP contribution >= 0.6 is 0 Å². The van der Waals surface area contributed by atoms with Crippen LogP contribution < -0.4 is 5.32 Å². The first-order valence-electron chi connectivity index (χ1n) is 10.3. The maximum absolute atomic E-state index is 4.80. The second-order valence-corrected chi connectivity index (χ2v) is 7.67. The fourth-order valence-electron chi connectivity index (χ4n) is 4.35. The van der Waals surface area contributed by atoms with Gasteiger partial charge in [-0.1, -0.05) is 31.2 Å². The van der Waals surface area contributed by atoms with E-state index in [1.807, 2.05) is 18.5 Å². The van der Waals surface area contributed by atoms with Crippen molar-refractivity contribution in [1.82, 2.24) is 20.3 Å². The topological polar surface area (TPSA) is 50.7 Å². The van der Waals surface area contributed by atoms with E-state index in [1.54, 1.807) is 6.33 Å². The van der Waals surface area contributed by atoms with Gasteiger partial charge in [-0.25, -0.2) is 9.97 Å². The first-order chi connectivity index (χ1) is 14.3. The first kappa shape index (κ1) is 17.8. The Morgan fingerprint density at radius 3 is 2.97 bits per heavy atom. The molecule has 3 aromatic rings. The summed E-state index contributed by atoms with van der Waals surface area (Å²) in [5.74, 6) is 0. The smallest absolute Gasteiger partial charge is 0.116 e. The van der Waals surface area contributed by atoms with Crippen molar-refractivity contribution in [2.24, 2.45) is 0 Å². The molecule has 0 spiro atoms. The summed E-state index contributed by atoms with van der Waals surface area (Å²) in [4.78, 5) is 13.3. The van der Waals surface area contributed by atoms with Gasteiger partial charge in [0.2, 0.25) is 0 Å². The van der Waals surface area contributed by atoms with Crippen LogP contribution in [0.1, 0.15) is 48.1 Å². The molecule has 2 aromatic heterocycles. The normalized spacial score (nSPS) is 17.9. The third-order valence-corrected chi connectivity index (χ3v) is 5.86. The van der Waals surface area contributed by atoms with Gasteiger partial charge in [-0.15, -0.1) is 0 Å². The van der Waals surface area contributed by atoms with Crippen LogP contribution in [-0.4, -0.2) is 21.5 Å². The highest BCUT2D eigenvalue weighted by atomic mass is 14.9. The van der Waals surface area contributed by atoms with E-state index in [0.29, 0.717) is 0 Å².